The van der Waals surface area contributed by atoms with Crippen molar-refractivity contribution in [2.24, 2.45) is 0 Å². The number of hydrogen-bond acceptors (Lipinski definition) is 5. The van der Waals surface area contributed by atoms with Crippen LogP contribution in [0, 0.1) is 5.41 Å². The van der Waals surface area contributed by atoms with E-state index in [-0.39, 0.29) is 18.2 Å². The summed E-state index contributed by atoms with van der Waals surface area (Å²) in [6.07, 6.45) is 0.247. The first kappa shape index (κ1) is 15.8. The second kappa shape index (κ2) is 6.29. The van der Waals surface area contributed by atoms with Gasteiger partial charge in [0.2, 0.25) is 5.91 Å². The number of anilines is 1. The van der Waals surface area contributed by atoms with Crippen LogP contribution in [0.5, 0.6) is 5.75 Å². The molecule has 6 heteroatoms. The topological polar surface area (TPSA) is 65.4 Å². The molecule has 0 atom stereocenters. The van der Waals surface area contributed by atoms with E-state index in [4.69, 9.17) is 10.1 Å². The highest BCUT2D eigenvalue weighted by Crippen LogP contribution is 2.44. The van der Waals surface area contributed by atoms with Crippen LogP contribution >= 0.6 is 11.8 Å². The fraction of sp³-hybridized carbons (Fsp3) is 0.158. The quantitative estimate of drug-likeness (QED) is 0.882. The maximum absolute atomic E-state index is 12.5. The number of hydrogen-bond donors (Lipinski definition) is 2. The molecular formula is C19H17N3O2S. The number of fused-ring (bicyclic) bond motifs is 1. The smallest absolute Gasteiger partial charge is 0.233 e. The monoisotopic (exact) mass is 351 g/mol. The van der Waals surface area contributed by atoms with E-state index in [0.717, 1.165) is 32.5 Å². The Bertz CT molecular complexity index is 880. The molecule has 1 fully saturated rings. The molecule has 2 aromatic rings. The van der Waals surface area contributed by atoms with Crippen LogP contribution in [-0.4, -0.2) is 23.8 Å². The van der Waals surface area contributed by atoms with E-state index in [1.165, 1.54) is 4.90 Å². The molecule has 1 saturated heterocycles. The fourth-order valence-electron chi connectivity index (χ4n) is 3.03. The number of carbonyl (C=O) groups excluding carboxylic acids is 1. The van der Waals surface area contributed by atoms with E-state index in [9.17, 15) is 4.79 Å². The van der Waals surface area contributed by atoms with Crippen molar-refractivity contribution in [3.63, 3.8) is 0 Å². The Balaban J connectivity index is 1.60. The number of carbonyl (C=O) groups is 1. The predicted molar refractivity (Wildman–Crippen MR) is 98.8 cm³/mol. The Kier molecular flexibility index (Phi) is 3.97. The minimum absolute atomic E-state index is 0.0586. The molecule has 4 rings (SSSR count). The zero-order valence-electron chi connectivity index (χ0n) is 13.7. The Morgan fingerprint density at radius 1 is 1.20 bits per heavy atom. The van der Waals surface area contributed by atoms with Gasteiger partial charge in [-0.05, 0) is 18.2 Å². The molecule has 2 N–H and O–H groups in total. The van der Waals surface area contributed by atoms with Crippen molar-refractivity contribution in [3.8, 4) is 5.75 Å². The normalized spacial score (nSPS) is 19.2. The zero-order chi connectivity index (χ0) is 17.4. The molecule has 0 aromatic heterocycles. The second-order valence-corrected chi connectivity index (χ2v) is 6.90. The lowest BCUT2D eigenvalue weighted by molar-refractivity contribution is -0.125. The number of amides is 1. The third-order valence-electron chi connectivity index (χ3n) is 4.33. The molecule has 1 amide bonds. The second-order valence-electron chi connectivity index (χ2n) is 5.85. The average Bonchev–Trinajstić information content (AvgIpc) is 3.18. The van der Waals surface area contributed by atoms with Crippen LogP contribution in [0.4, 0.5) is 5.69 Å². The summed E-state index contributed by atoms with van der Waals surface area (Å²) in [5.41, 5.74) is 2.67. The first-order valence-corrected chi connectivity index (χ1v) is 8.77. The standard InChI is InChI=1S/C19H17N3O2S/c1-24-15-8-4-2-6-12(15)11-22-17(23)10-13(18(22)20)19-21-14-7-3-5-9-16(14)25-19/h2-9,20-21H,10-11H2,1H3/b19-13-,20-18?. The third-order valence-corrected chi connectivity index (χ3v) is 5.46. The van der Waals surface area contributed by atoms with E-state index in [1.807, 2.05) is 48.5 Å². The molecule has 0 bridgehead atoms. The van der Waals surface area contributed by atoms with Gasteiger partial charge >= 0.3 is 0 Å². The Morgan fingerprint density at radius 2 is 1.96 bits per heavy atom. The first-order chi connectivity index (χ1) is 12.2. The van der Waals surface area contributed by atoms with Gasteiger partial charge in [-0.3, -0.25) is 15.1 Å². The number of methoxy groups -OCH3 is 1. The summed E-state index contributed by atoms with van der Waals surface area (Å²) < 4.78 is 5.36. The summed E-state index contributed by atoms with van der Waals surface area (Å²) in [6.45, 7) is 0.343. The van der Waals surface area contributed by atoms with E-state index in [1.54, 1.807) is 18.9 Å². The largest absolute Gasteiger partial charge is 0.496 e. The lowest BCUT2D eigenvalue weighted by Crippen LogP contribution is -2.28. The Hall–Kier alpha value is -2.73. The minimum Gasteiger partial charge on any atom is -0.496 e. The summed E-state index contributed by atoms with van der Waals surface area (Å²) >= 11 is 1.58. The van der Waals surface area contributed by atoms with Gasteiger partial charge in [0.15, 0.2) is 0 Å². The summed E-state index contributed by atoms with van der Waals surface area (Å²) in [7, 11) is 1.61. The molecule has 0 unspecified atom stereocenters. The van der Waals surface area contributed by atoms with Crippen LogP contribution in [0.15, 0.2) is 64.0 Å². The zero-order valence-corrected chi connectivity index (χ0v) is 14.5. The molecular weight excluding hydrogens is 334 g/mol. The van der Waals surface area contributed by atoms with E-state index < -0.39 is 0 Å². The van der Waals surface area contributed by atoms with Crippen LogP contribution in [-0.2, 0) is 11.3 Å². The van der Waals surface area contributed by atoms with Crippen molar-refractivity contribution in [2.45, 2.75) is 17.9 Å². The Morgan fingerprint density at radius 3 is 2.76 bits per heavy atom. The summed E-state index contributed by atoms with van der Waals surface area (Å²) in [6, 6.07) is 15.6. The number of nitrogens with one attached hydrogen (secondary N) is 2. The van der Waals surface area contributed by atoms with E-state index in [0.29, 0.717) is 6.54 Å². The van der Waals surface area contributed by atoms with Gasteiger partial charge in [-0.1, -0.05) is 42.1 Å². The fourth-order valence-corrected chi connectivity index (χ4v) is 4.08. The minimum atomic E-state index is -0.0586. The van der Waals surface area contributed by atoms with Crippen LogP contribution in [0.25, 0.3) is 0 Å². The highest BCUT2D eigenvalue weighted by atomic mass is 32.2. The molecule has 0 radical (unpaired) electrons. The lowest BCUT2D eigenvalue weighted by atomic mass is 10.2. The van der Waals surface area contributed by atoms with Gasteiger partial charge in [0.05, 0.1) is 30.8 Å². The van der Waals surface area contributed by atoms with Crippen LogP contribution in [0.2, 0.25) is 0 Å². The maximum atomic E-state index is 12.5. The van der Waals surface area contributed by atoms with Crippen molar-refractivity contribution >= 4 is 29.2 Å². The van der Waals surface area contributed by atoms with E-state index in [2.05, 4.69) is 5.32 Å². The van der Waals surface area contributed by atoms with Crippen molar-refractivity contribution < 1.29 is 9.53 Å². The third kappa shape index (κ3) is 2.78. The first-order valence-electron chi connectivity index (χ1n) is 7.95. The highest BCUT2D eigenvalue weighted by molar-refractivity contribution is 8.03. The van der Waals surface area contributed by atoms with Crippen molar-refractivity contribution in [2.75, 3.05) is 12.4 Å². The van der Waals surface area contributed by atoms with Gasteiger partial charge in [-0.25, -0.2) is 0 Å². The number of likely N-dealkylation sites (tertiary alicyclic amines) is 1. The van der Waals surface area contributed by atoms with Gasteiger partial charge in [-0.15, -0.1) is 0 Å². The van der Waals surface area contributed by atoms with Gasteiger partial charge in [0.1, 0.15) is 11.6 Å². The number of nitrogens with zero attached hydrogens (tertiary/aromatic N) is 1. The predicted octanol–water partition coefficient (Wildman–Crippen LogP) is 3.83. The SMILES string of the molecule is COc1ccccc1CN1C(=N)/C(=C2/Nc3ccccc3S2)CC1=O. The molecule has 0 spiro atoms. The van der Waals surface area contributed by atoms with E-state index >= 15 is 0 Å². The molecule has 2 aliphatic rings. The van der Waals surface area contributed by atoms with Gasteiger partial charge < -0.3 is 10.1 Å². The van der Waals surface area contributed by atoms with Gasteiger partial charge in [0, 0.05) is 16.0 Å². The highest BCUT2D eigenvalue weighted by Gasteiger charge is 2.35. The molecule has 0 saturated carbocycles. The van der Waals surface area contributed by atoms with Gasteiger partial charge in [0.25, 0.3) is 0 Å². The van der Waals surface area contributed by atoms with Crippen LogP contribution < -0.4 is 10.1 Å². The molecule has 0 aliphatic carbocycles. The Labute approximate surface area is 150 Å². The summed E-state index contributed by atoms with van der Waals surface area (Å²) in [5, 5.41) is 12.7. The van der Waals surface area contributed by atoms with Crippen LogP contribution in [0.3, 0.4) is 0 Å². The molecule has 2 aliphatic heterocycles. The molecule has 25 heavy (non-hydrogen) atoms. The number of thioether (sulfide) groups is 1. The summed E-state index contributed by atoms with van der Waals surface area (Å²) in [4.78, 5) is 15.1. The molecule has 2 aromatic carbocycles. The maximum Gasteiger partial charge on any atom is 0.233 e. The number of ether oxygens (including phenoxy) is 1. The number of amidine groups is 1. The molecule has 5 nitrogen and oxygen atoms in total. The van der Waals surface area contributed by atoms with Crippen molar-refractivity contribution in [1.82, 2.24) is 4.90 Å². The molecule has 2 heterocycles. The summed E-state index contributed by atoms with van der Waals surface area (Å²) in [5.74, 6) is 0.931. The number of benzene rings is 2. The number of rotatable bonds is 3. The van der Waals surface area contributed by atoms with Gasteiger partial charge in [-0.2, -0.15) is 0 Å². The molecule has 126 valence electrons. The van der Waals surface area contributed by atoms with Crippen molar-refractivity contribution in [3.05, 3.63) is 64.7 Å². The van der Waals surface area contributed by atoms with Crippen LogP contribution in [0.1, 0.15) is 12.0 Å². The lowest BCUT2D eigenvalue weighted by Gasteiger charge is -2.17. The van der Waals surface area contributed by atoms with Crippen molar-refractivity contribution in [1.29, 1.82) is 5.41 Å². The number of para-hydroxylation sites is 2. The average molecular weight is 351 g/mol.